The van der Waals surface area contributed by atoms with Crippen molar-refractivity contribution in [1.29, 1.82) is 0 Å². The molecule has 2 N–H and O–H groups in total. The van der Waals surface area contributed by atoms with Gasteiger partial charge in [-0.2, -0.15) is 0 Å². The monoisotopic (exact) mass is 293 g/mol. The third-order valence-corrected chi connectivity index (χ3v) is 3.58. The van der Waals surface area contributed by atoms with Crippen molar-refractivity contribution in [3.8, 4) is 0 Å². The summed E-state index contributed by atoms with van der Waals surface area (Å²) in [6.07, 6.45) is -0.543. The van der Waals surface area contributed by atoms with E-state index >= 15 is 0 Å². The quantitative estimate of drug-likeness (QED) is 0.821. The highest BCUT2D eigenvalue weighted by atomic mass is 35.5. The maximum atomic E-state index is 11.4. The number of rotatable bonds is 5. The molecule has 0 heterocycles. The molecule has 1 aromatic carbocycles. The average molecular weight is 294 g/mol. The zero-order valence-electron chi connectivity index (χ0n) is 9.24. The predicted octanol–water partition coefficient (Wildman–Crippen LogP) is 2.58. The highest BCUT2D eigenvalue weighted by Crippen LogP contribution is 2.29. The Balaban J connectivity index is 2.44. The van der Waals surface area contributed by atoms with E-state index in [-0.39, 0.29) is 18.2 Å². The molecular formula is C11H13Cl2NO2S. The van der Waals surface area contributed by atoms with Gasteiger partial charge >= 0.3 is 0 Å². The normalized spacial score (nSPS) is 12.2. The van der Waals surface area contributed by atoms with Gasteiger partial charge in [0, 0.05) is 16.5 Å². The number of amides is 1. The van der Waals surface area contributed by atoms with Gasteiger partial charge < -0.3 is 10.4 Å². The maximum absolute atomic E-state index is 11.4. The average Bonchev–Trinajstić information content (AvgIpc) is 2.27. The van der Waals surface area contributed by atoms with Crippen LogP contribution < -0.4 is 5.32 Å². The van der Waals surface area contributed by atoms with E-state index in [2.05, 4.69) is 5.32 Å². The van der Waals surface area contributed by atoms with Crippen molar-refractivity contribution in [3.05, 3.63) is 28.2 Å². The zero-order valence-corrected chi connectivity index (χ0v) is 11.6. The molecule has 6 heteroatoms. The first-order valence-corrected chi connectivity index (χ1v) is 6.76. The number of hydrogen-bond acceptors (Lipinski definition) is 3. The summed E-state index contributed by atoms with van der Waals surface area (Å²) in [6.45, 7) is 1.87. The molecule has 3 nitrogen and oxygen atoms in total. The van der Waals surface area contributed by atoms with Crippen LogP contribution in [-0.2, 0) is 4.79 Å². The Kier molecular flexibility index (Phi) is 6.12. The molecule has 1 amide bonds. The van der Waals surface area contributed by atoms with E-state index in [9.17, 15) is 4.79 Å². The Morgan fingerprint density at radius 1 is 1.53 bits per heavy atom. The summed E-state index contributed by atoms with van der Waals surface area (Å²) in [5.41, 5.74) is 0. The van der Waals surface area contributed by atoms with E-state index in [1.54, 1.807) is 25.1 Å². The van der Waals surface area contributed by atoms with Crippen LogP contribution in [0.25, 0.3) is 0 Å². The van der Waals surface area contributed by atoms with Crippen molar-refractivity contribution in [2.45, 2.75) is 17.9 Å². The fourth-order valence-electron chi connectivity index (χ4n) is 1.04. The topological polar surface area (TPSA) is 49.3 Å². The molecule has 0 aromatic heterocycles. The smallest absolute Gasteiger partial charge is 0.230 e. The molecule has 1 atom stereocenters. The van der Waals surface area contributed by atoms with Crippen molar-refractivity contribution >= 4 is 40.9 Å². The standard InChI is InChI=1S/C11H13Cl2NO2S/c1-7(15)5-14-11(16)6-17-10-4-8(12)2-3-9(10)13/h2-4,7,15H,5-6H2,1H3,(H,14,16). The van der Waals surface area contributed by atoms with Crippen LogP contribution in [0.4, 0.5) is 0 Å². The van der Waals surface area contributed by atoms with Gasteiger partial charge in [-0.3, -0.25) is 4.79 Å². The van der Waals surface area contributed by atoms with Gasteiger partial charge in [-0.1, -0.05) is 23.2 Å². The molecule has 1 rings (SSSR count). The van der Waals surface area contributed by atoms with E-state index < -0.39 is 6.10 Å². The molecule has 0 aliphatic heterocycles. The molecule has 1 aromatic rings. The molecule has 0 saturated heterocycles. The molecule has 0 bridgehead atoms. The first-order chi connectivity index (χ1) is 7.99. The van der Waals surface area contributed by atoms with E-state index in [4.69, 9.17) is 28.3 Å². The van der Waals surface area contributed by atoms with E-state index in [1.807, 2.05) is 0 Å². The van der Waals surface area contributed by atoms with Crippen LogP contribution >= 0.6 is 35.0 Å². The lowest BCUT2D eigenvalue weighted by atomic mass is 10.4. The third kappa shape index (κ3) is 5.64. The van der Waals surface area contributed by atoms with Gasteiger partial charge in [0.05, 0.1) is 16.9 Å². The Labute approximate surface area is 114 Å². The van der Waals surface area contributed by atoms with Gasteiger partial charge in [0.1, 0.15) is 0 Å². The van der Waals surface area contributed by atoms with Crippen LogP contribution in [-0.4, -0.2) is 29.4 Å². The lowest BCUT2D eigenvalue weighted by Crippen LogP contribution is -2.31. The number of halogens is 2. The van der Waals surface area contributed by atoms with Crippen LogP contribution in [0.2, 0.25) is 10.0 Å². The minimum atomic E-state index is -0.543. The molecule has 0 radical (unpaired) electrons. The minimum Gasteiger partial charge on any atom is -0.392 e. The molecule has 0 fully saturated rings. The fourth-order valence-corrected chi connectivity index (χ4v) is 2.37. The van der Waals surface area contributed by atoms with E-state index in [0.29, 0.717) is 10.0 Å². The first kappa shape index (κ1) is 14.6. The molecule has 0 aliphatic carbocycles. The fraction of sp³-hybridized carbons (Fsp3) is 0.364. The lowest BCUT2D eigenvalue weighted by molar-refractivity contribution is -0.118. The van der Waals surface area contributed by atoms with Gasteiger partial charge in [-0.05, 0) is 25.1 Å². The summed E-state index contributed by atoms with van der Waals surface area (Å²) in [6, 6.07) is 5.11. The highest BCUT2D eigenvalue weighted by Gasteiger charge is 2.07. The Morgan fingerprint density at radius 3 is 2.88 bits per heavy atom. The Hall–Kier alpha value is -0.420. The third-order valence-electron chi connectivity index (χ3n) is 1.85. The van der Waals surface area contributed by atoms with Gasteiger partial charge in [0.2, 0.25) is 5.91 Å². The molecule has 0 saturated carbocycles. The summed E-state index contributed by atoms with van der Waals surface area (Å²) in [4.78, 5) is 12.2. The van der Waals surface area contributed by atoms with Crippen LogP contribution in [0.3, 0.4) is 0 Å². The Morgan fingerprint density at radius 2 is 2.24 bits per heavy atom. The number of thioether (sulfide) groups is 1. The van der Waals surface area contributed by atoms with Crippen LogP contribution in [0.1, 0.15) is 6.92 Å². The van der Waals surface area contributed by atoms with Gasteiger partial charge in [0.25, 0.3) is 0 Å². The number of nitrogens with one attached hydrogen (secondary N) is 1. The summed E-state index contributed by atoms with van der Waals surface area (Å²) >= 11 is 13.1. The van der Waals surface area contributed by atoms with Gasteiger partial charge in [-0.15, -0.1) is 11.8 Å². The van der Waals surface area contributed by atoms with Crippen molar-refractivity contribution in [2.24, 2.45) is 0 Å². The number of carbonyl (C=O) groups is 1. The Bertz CT molecular complexity index is 399. The SMILES string of the molecule is CC(O)CNC(=O)CSc1cc(Cl)ccc1Cl. The molecule has 94 valence electrons. The number of aliphatic hydroxyl groups is 1. The summed E-state index contributed by atoms with van der Waals surface area (Å²) in [5.74, 6) is 0.0965. The minimum absolute atomic E-state index is 0.146. The number of carbonyl (C=O) groups excluding carboxylic acids is 1. The van der Waals surface area contributed by atoms with Crippen LogP contribution in [0.5, 0.6) is 0 Å². The van der Waals surface area contributed by atoms with Crippen LogP contribution in [0.15, 0.2) is 23.1 Å². The maximum Gasteiger partial charge on any atom is 0.230 e. The second kappa shape index (κ2) is 7.11. The van der Waals surface area contributed by atoms with Crippen molar-refractivity contribution in [2.75, 3.05) is 12.3 Å². The molecule has 0 spiro atoms. The summed E-state index contributed by atoms with van der Waals surface area (Å²) < 4.78 is 0. The van der Waals surface area contributed by atoms with Crippen LogP contribution in [0, 0.1) is 0 Å². The zero-order chi connectivity index (χ0) is 12.8. The second-order valence-electron chi connectivity index (χ2n) is 3.52. The molecule has 0 aliphatic rings. The second-order valence-corrected chi connectivity index (χ2v) is 5.38. The molecule has 1 unspecified atom stereocenters. The highest BCUT2D eigenvalue weighted by molar-refractivity contribution is 8.00. The number of benzene rings is 1. The van der Waals surface area contributed by atoms with Crippen molar-refractivity contribution < 1.29 is 9.90 Å². The molecular weight excluding hydrogens is 281 g/mol. The number of aliphatic hydroxyl groups excluding tert-OH is 1. The van der Waals surface area contributed by atoms with E-state index in [1.165, 1.54) is 11.8 Å². The summed E-state index contributed by atoms with van der Waals surface area (Å²) in [7, 11) is 0. The first-order valence-electron chi connectivity index (χ1n) is 5.01. The summed E-state index contributed by atoms with van der Waals surface area (Å²) in [5, 5.41) is 12.8. The predicted molar refractivity (Wildman–Crippen MR) is 71.9 cm³/mol. The van der Waals surface area contributed by atoms with Gasteiger partial charge in [0.15, 0.2) is 0 Å². The molecule has 17 heavy (non-hydrogen) atoms. The number of hydrogen-bond donors (Lipinski definition) is 2. The van der Waals surface area contributed by atoms with E-state index in [0.717, 1.165) is 4.90 Å². The largest absolute Gasteiger partial charge is 0.392 e. The van der Waals surface area contributed by atoms with Crippen molar-refractivity contribution in [3.63, 3.8) is 0 Å². The van der Waals surface area contributed by atoms with Crippen molar-refractivity contribution in [1.82, 2.24) is 5.32 Å². The van der Waals surface area contributed by atoms with Gasteiger partial charge in [-0.25, -0.2) is 0 Å². The lowest BCUT2D eigenvalue weighted by Gasteiger charge is -2.07.